The van der Waals surface area contributed by atoms with E-state index in [-0.39, 0.29) is 30.0 Å². The van der Waals surface area contributed by atoms with E-state index in [1.807, 2.05) is 24.3 Å². The third kappa shape index (κ3) is 6.31. The lowest BCUT2D eigenvalue weighted by Gasteiger charge is -2.38. The molecule has 0 spiro atoms. The molecule has 1 unspecified atom stereocenters. The molecule has 0 aliphatic carbocycles. The molecule has 4 amide bonds. The smallest absolute Gasteiger partial charge is 0.261 e. The number of rotatable bonds is 8. The minimum atomic E-state index is -0.599. The van der Waals surface area contributed by atoms with Gasteiger partial charge in [0.15, 0.2) is 5.65 Å². The summed E-state index contributed by atoms with van der Waals surface area (Å²) in [6.45, 7) is 5.44. The monoisotopic (exact) mass is 730 g/mol. The SMILES string of the molecule is COc1cc2nn(C3CCN(CC4CCN(c5ccc6c(c5)CN(C5CCC(=O)NC5=O)C6=O)CC4)CC3)cc2cc1NC(=O)c1cnn2cccnc12. The quantitative estimate of drug-likeness (QED) is 0.226. The van der Waals surface area contributed by atoms with Crippen LogP contribution in [-0.4, -0.2) is 104 Å². The minimum Gasteiger partial charge on any atom is -0.494 e. The van der Waals surface area contributed by atoms with Crippen molar-refractivity contribution in [2.75, 3.05) is 50.1 Å². The number of benzene rings is 2. The Morgan fingerprint density at radius 3 is 2.65 bits per heavy atom. The Labute approximate surface area is 311 Å². The normalized spacial score (nSPS) is 20.2. The van der Waals surface area contributed by atoms with Gasteiger partial charge in [0, 0.05) is 87.0 Å². The molecule has 54 heavy (non-hydrogen) atoms. The van der Waals surface area contributed by atoms with E-state index in [0.717, 1.165) is 80.6 Å². The maximum absolute atomic E-state index is 13.2. The Kier molecular flexibility index (Phi) is 8.72. The number of nitrogens with one attached hydrogen (secondary N) is 2. The first kappa shape index (κ1) is 34.0. The van der Waals surface area contributed by atoms with Crippen LogP contribution < -0.4 is 20.3 Å². The molecule has 7 heterocycles. The predicted molar refractivity (Wildman–Crippen MR) is 199 cm³/mol. The number of methoxy groups -OCH3 is 1. The zero-order chi connectivity index (χ0) is 36.9. The van der Waals surface area contributed by atoms with Gasteiger partial charge in [0.1, 0.15) is 17.4 Å². The number of aromatic nitrogens is 5. The Bertz CT molecular complexity index is 2280. The lowest BCUT2D eigenvalue weighted by molar-refractivity contribution is -0.136. The van der Waals surface area contributed by atoms with Gasteiger partial charge in [-0.05, 0) is 73.9 Å². The summed E-state index contributed by atoms with van der Waals surface area (Å²) in [5.74, 6) is 0.0547. The van der Waals surface area contributed by atoms with Crippen LogP contribution in [0.25, 0.3) is 16.6 Å². The van der Waals surface area contributed by atoms with Crippen LogP contribution in [0.1, 0.15) is 70.8 Å². The molecule has 3 aromatic heterocycles. The first-order valence-electron chi connectivity index (χ1n) is 18.7. The molecular weight excluding hydrogens is 688 g/mol. The summed E-state index contributed by atoms with van der Waals surface area (Å²) in [5.41, 5.74) is 4.96. The van der Waals surface area contributed by atoms with Crippen molar-refractivity contribution in [1.29, 1.82) is 0 Å². The van der Waals surface area contributed by atoms with Gasteiger partial charge in [0.25, 0.3) is 11.8 Å². The highest BCUT2D eigenvalue weighted by molar-refractivity contribution is 6.09. The van der Waals surface area contributed by atoms with Crippen molar-refractivity contribution < 1.29 is 23.9 Å². The van der Waals surface area contributed by atoms with Crippen molar-refractivity contribution in [3.63, 3.8) is 0 Å². The summed E-state index contributed by atoms with van der Waals surface area (Å²) >= 11 is 0. The van der Waals surface area contributed by atoms with Crippen molar-refractivity contribution in [2.45, 2.75) is 57.2 Å². The van der Waals surface area contributed by atoms with Gasteiger partial charge in [0.05, 0.1) is 30.6 Å². The topological polar surface area (TPSA) is 159 Å². The molecule has 15 nitrogen and oxygen atoms in total. The number of hydrogen-bond acceptors (Lipinski definition) is 10. The van der Waals surface area contributed by atoms with Gasteiger partial charge in [-0.25, -0.2) is 9.50 Å². The number of carbonyl (C=O) groups excluding carboxylic acids is 4. The second-order valence-electron chi connectivity index (χ2n) is 14.8. The number of amides is 4. The predicted octanol–water partition coefficient (Wildman–Crippen LogP) is 3.65. The summed E-state index contributed by atoms with van der Waals surface area (Å²) in [7, 11) is 1.58. The fourth-order valence-electron chi connectivity index (χ4n) is 8.57. The lowest BCUT2D eigenvalue weighted by Crippen LogP contribution is -2.52. The van der Waals surface area contributed by atoms with Crippen LogP contribution in [0, 0.1) is 5.92 Å². The second-order valence-corrected chi connectivity index (χ2v) is 14.8. The molecule has 2 N–H and O–H groups in total. The lowest BCUT2D eigenvalue weighted by atomic mass is 9.94. The van der Waals surface area contributed by atoms with E-state index in [0.29, 0.717) is 53.1 Å². The second kappa shape index (κ2) is 13.9. The van der Waals surface area contributed by atoms with E-state index in [1.54, 1.807) is 35.0 Å². The number of piperidine rings is 3. The molecule has 4 aliphatic rings. The molecule has 4 aliphatic heterocycles. The molecule has 1 atom stereocenters. The van der Waals surface area contributed by atoms with Gasteiger partial charge in [-0.1, -0.05) is 0 Å². The Morgan fingerprint density at radius 1 is 1.02 bits per heavy atom. The number of anilines is 2. The number of carbonyl (C=O) groups is 4. The van der Waals surface area contributed by atoms with Crippen molar-refractivity contribution in [1.82, 2.24) is 39.5 Å². The summed E-state index contributed by atoms with van der Waals surface area (Å²) in [4.78, 5) is 61.3. The average Bonchev–Trinajstić information content (AvgIpc) is 3.90. The fraction of sp³-hybridized carbons (Fsp3) is 0.410. The zero-order valence-corrected chi connectivity index (χ0v) is 30.1. The molecule has 0 radical (unpaired) electrons. The molecule has 9 rings (SSSR count). The van der Waals surface area contributed by atoms with Crippen LogP contribution >= 0.6 is 0 Å². The first-order chi connectivity index (χ1) is 26.3. The standard InChI is InChI=1S/C39H42N10O5/c1-54-34-19-31-26(18-32(34)42-37(51)30-20-41-48-12-2-11-40-36(30)48)23-49(44-31)27-9-13-45(14-10-27)21-24-7-15-46(16-8-24)28-3-4-29-25(17-28)22-47(39(29)53)33-5-6-35(50)43-38(33)52/h2-4,11-12,17-20,23-24,27,33H,5-10,13-16,21-22H2,1H3,(H,42,51)(H,43,50,52). The summed E-state index contributed by atoms with van der Waals surface area (Å²) in [5, 5.41) is 15.4. The van der Waals surface area contributed by atoms with Crippen LogP contribution in [0.3, 0.4) is 0 Å². The van der Waals surface area contributed by atoms with Gasteiger partial charge >= 0.3 is 0 Å². The van der Waals surface area contributed by atoms with E-state index < -0.39 is 6.04 Å². The van der Waals surface area contributed by atoms with Crippen LogP contribution in [0.5, 0.6) is 5.75 Å². The van der Waals surface area contributed by atoms with E-state index in [1.165, 1.54) is 6.20 Å². The Morgan fingerprint density at radius 2 is 1.85 bits per heavy atom. The maximum atomic E-state index is 13.2. The third-order valence-corrected chi connectivity index (χ3v) is 11.5. The van der Waals surface area contributed by atoms with Crippen molar-refractivity contribution in [3.8, 4) is 5.75 Å². The highest BCUT2D eigenvalue weighted by Gasteiger charge is 2.39. The summed E-state index contributed by atoms with van der Waals surface area (Å²) in [6.07, 6.45) is 11.8. The van der Waals surface area contributed by atoms with Crippen molar-refractivity contribution in [2.24, 2.45) is 5.92 Å². The number of likely N-dealkylation sites (tertiary alicyclic amines) is 1. The number of fused-ring (bicyclic) bond motifs is 3. The molecule has 3 saturated heterocycles. The van der Waals surface area contributed by atoms with Crippen LogP contribution in [-0.2, 0) is 16.1 Å². The molecule has 2 aromatic carbocycles. The Balaban J connectivity index is 0.777. The molecule has 0 bridgehead atoms. The van der Waals surface area contributed by atoms with Crippen molar-refractivity contribution >= 4 is 51.6 Å². The van der Waals surface area contributed by atoms with Crippen LogP contribution in [0.4, 0.5) is 11.4 Å². The third-order valence-electron chi connectivity index (χ3n) is 11.5. The van der Waals surface area contributed by atoms with Gasteiger partial charge < -0.3 is 24.8 Å². The van der Waals surface area contributed by atoms with E-state index in [9.17, 15) is 19.2 Å². The molecule has 0 saturated carbocycles. The average molecular weight is 731 g/mol. The zero-order valence-electron chi connectivity index (χ0n) is 30.1. The number of ether oxygens (including phenoxy) is 1. The fourth-order valence-corrected chi connectivity index (χ4v) is 8.57. The molecule has 278 valence electrons. The number of imide groups is 1. The van der Waals surface area contributed by atoms with E-state index >= 15 is 0 Å². The first-order valence-corrected chi connectivity index (χ1v) is 18.7. The maximum Gasteiger partial charge on any atom is 0.261 e. The number of hydrogen-bond donors (Lipinski definition) is 2. The highest BCUT2D eigenvalue weighted by atomic mass is 16.5. The van der Waals surface area contributed by atoms with Crippen molar-refractivity contribution in [3.05, 3.63) is 77.9 Å². The van der Waals surface area contributed by atoms with E-state index in [4.69, 9.17) is 9.84 Å². The molecular formula is C39H42N10O5. The number of nitrogens with zero attached hydrogens (tertiary/aromatic N) is 8. The largest absolute Gasteiger partial charge is 0.494 e. The van der Waals surface area contributed by atoms with Gasteiger partial charge in [-0.15, -0.1) is 0 Å². The van der Waals surface area contributed by atoms with E-state index in [2.05, 4.69) is 47.5 Å². The molecule has 3 fully saturated rings. The summed E-state index contributed by atoms with van der Waals surface area (Å²) in [6, 6.07) is 11.3. The van der Waals surface area contributed by atoms with Gasteiger partial charge in [0.2, 0.25) is 11.8 Å². The highest BCUT2D eigenvalue weighted by Crippen LogP contribution is 2.35. The van der Waals surface area contributed by atoms with Gasteiger partial charge in [-0.2, -0.15) is 10.2 Å². The minimum absolute atomic E-state index is 0.136. The van der Waals surface area contributed by atoms with Crippen LogP contribution in [0.15, 0.2) is 61.2 Å². The molecule has 5 aromatic rings. The van der Waals surface area contributed by atoms with Gasteiger partial charge in [-0.3, -0.25) is 29.2 Å². The van der Waals surface area contributed by atoms with Crippen LogP contribution in [0.2, 0.25) is 0 Å². The molecule has 15 heteroatoms. The Hall–Kier alpha value is -5.83. The summed E-state index contributed by atoms with van der Waals surface area (Å²) < 4.78 is 9.28.